The van der Waals surface area contributed by atoms with Crippen LogP contribution in [0.25, 0.3) is 0 Å². The number of rotatable bonds is 5. The minimum atomic E-state index is 0.575. The third kappa shape index (κ3) is 3.15. The summed E-state index contributed by atoms with van der Waals surface area (Å²) in [6.07, 6.45) is 4.15. The van der Waals surface area contributed by atoms with Gasteiger partial charge in [0.15, 0.2) is 0 Å². The minimum absolute atomic E-state index is 0.575. The van der Waals surface area contributed by atoms with E-state index in [1.807, 2.05) is 12.1 Å². The molecule has 2 heteroatoms. The van der Waals surface area contributed by atoms with Crippen molar-refractivity contribution in [2.45, 2.75) is 32.2 Å². The Morgan fingerprint density at radius 1 is 1.33 bits per heavy atom. The molecule has 0 saturated heterocycles. The number of methoxy groups -OCH3 is 1. The second-order valence-corrected chi connectivity index (χ2v) is 4.45. The van der Waals surface area contributed by atoms with Crippen molar-refractivity contribution in [3.8, 4) is 5.75 Å². The molecule has 0 spiro atoms. The van der Waals surface area contributed by atoms with Gasteiger partial charge in [0.05, 0.1) is 7.11 Å². The lowest BCUT2D eigenvalue weighted by molar-refractivity contribution is 0.415. The van der Waals surface area contributed by atoms with E-state index < -0.39 is 0 Å². The quantitative estimate of drug-likeness (QED) is 0.796. The van der Waals surface area contributed by atoms with Crippen molar-refractivity contribution >= 4 is 5.69 Å². The lowest BCUT2D eigenvalue weighted by Gasteiger charge is -2.14. The molecule has 2 nitrogen and oxygen atoms in total. The number of ether oxygens (including phenoxy) is 1. The Morgan fingerprint density at radius 2 is 2.00 bits per heavy atom. The van der Waals surface area contributed by atoms with Crippen LogP contribution in [0, 0.1) is 5.92 Å². The largest absolute Gasteiger partial charge is 0.497 e. The van der Waals surface area contributed by atoms with Crippen LogP contribution < -0.4 is 10.1 Å². The van der Waals surface area contributed by atoms with E-state index in [0.717, 1.165) is 11.7 Å². The third-order valence-electron chi connectivity index (χ3n) is 2.89. The molecule has 0 bridgehead atoms. The van der Waals surface area contributed by atoms with Crippen LogP contribution in [0.1, 0.15) is 26.2 Å². The van der Waals surface area contributed by atoms with Crippen molar-refractivity contribution in [1.82, 2.24) is 0 Å². The lowest BCUT2D eigenvalue weighted by atomic mass is 10.1. The average Bonchev–Trinajstić information content (AvgIpc) is 3.03. The second-order valence-electron chi connectivity index (χ2n) is 4.45. The molecule has 1 aromatic carbocycles. The molecule has 1 aliphatic rings. The predicted octanol–water partition coefficient (Wildman–Crippen LogP) is 3.30. The fourth-order valence-electron chi connectivity index (χ4n) is 1.88. The summed E-state index contributed by atoms with van der Waals surface area (Å²) in [7, 11) is 1.69. The number of hydrogen-bond donors (Lipinski definition) is 1. The van der Waals surface area contributed by atoms with Gasteiger partial charge in [-0.3, -0.25) is 0 Å². The Hall–Kier alpha value is -1.18. The molecule has 82 valence electrons. The predicted molar refractivity (Wildman–Crippen MR) is 63.4 cm³/mol. The van der Waals surface area contributed by atoms with Crippen LogP contribution in [-0.4, -0.2) is 13.2 Å². The minimum Gasteiger partial charge on any atom is -0.497 e. The molecule has 1 fully saturated rings. The molecule has 1 aromatic rings. The Labute approximate surface area is 91.6 Å². The Morgan fingerprint density at radius 3 is 2.53 bits per heavy atom. The van der Waals surface area contributed by atoms with Gasteiger partial charge in [-0.15, -0.1) is 0 Å². The first-order valence-electron chi connectivity index (χ1n) is 5.68. The summed E-state index contributed by atoms with van der Waals surface area (Å²) in [5.41, 5.74) is 1.18. The molecule has 1 aliphatic carbocycles. The van der Waals surface area contributed by atoms with E-state index in [0.29, 0.717) is 6.04 Å². The van der Waals surface area contributed by atoms with Gasteiger partial charge in [0.25, 0.3) is 0 Å². The summed E-state index contributed by atoms with van der Waals surface area (Å²) in [6, 6.07) is 8.70. The Balaban J connectivity index is 1.85. The van der Waals surface area contributed by atoms with Gasteiger partial charge >= 0.3 is 0 Å². The molecule has 2 rings (SSSR count). The maximum Gasteiger partial charge on any atom is 0.119 e. The zero-order valence-electron chi connectivity index (χ0n) is 9.49. The number of anilines is 1. The highest BCUT2D eigenvalue weighted by Gasteiger charge is 2.23. The standard InChI is InChI=1S/C13H19NO/c1-10(9-11-3-4-11)14-12-5-7-13(15-2)8-6-12/h5-8,10-11,14H,3-4,9H2,1-2H3. The number of nitrogens with one attached hydrogen (secondary N) is 1. The SMILES string of the molecule is COc1ccc(NC(C)CC2CC2)cc1. The third-order valence-corrected chi connectivity index (χ3v) is 2.89. The van der Waals surface area contributed by atoms with Crippen LogP contribution in [-0.2, 0) is 0 Å². The highest BCUT2D eigenvalue weighted by molar-refractivity contribution is 5.46. The molecule has 0 radical (unpaired) electrons. The van der Waals surface area contributed by atoms with Crippen LogP contribution in [0.15, 0.2) is 24.3 Å². The van der Waals surface area contributed by atoms with Crippen LogP contribution in [0.3, 0.4) is 0 Å². The van der Waals surface area contributed by atoms with Gasteiger partial charge in [-0.1, -0.05) is 12.8 Å². The van der Waals surface area contributed by atoms with Crippen LogP contribution >= 0.6 is 0 Å². The molecule has 0 aliphatic heterocycles. The smallest absolute Gasteiger partial charge is 0.119 e. The zero-order valence-corrected chi connectivity index (χ0v) is 9.49. The van der Waals surface area contributed by atoms with E-state index in [1.54, 1.807) is 7.11 Å². The molecule has 15 heavy (non-hydrogen) atoms. The van der Waals surface area contributed by atoms with Gasteiger partial charge in [0, 0.05) is 11.7 Å². The molecule has 0 amide bonds. The van der Waals surface area contributed by atoms with E-state index in [4.69, 9.17) is 4.74 Å². The number of hydrogen-bond acceptors (Lipinski definition) is 2. The van der Waals surface area contributed by atoms with Crippen molar-refractivity contribution in [2.24, 2.45) is 5.92 Å². The second kappa shape index (κ2) is 4.56. The summed E-state index contributed by atoms with van der Waals surface area (Å²) < 4.78 is 5.12. The highest BCUT2D eigenvalue weighted by Crippen LogP contribution is 2.34. The first-order valence-corrected chi connectivity index (χ1v) is 5.68. The summed E-state index contributed by atoms with van der Waals surface area (Å²) in [5, 5.41) is 3.51. The van der Waals surface area contributed by atoms with Gasteiger partial charge in [0.2, 0.25) is 0 Å². The normalized spacial score (nSPS) is 17.2. The van der Waals surface area contributed by atoms with Gasteiger partial charge in [-0.05, 0) is 43.5 Å². The molecule has 1 atom stereocenters. The van der Waals surface area contributed by atoms with Gasteiger partial charge in [-0.2, -0.15) is 0 Å². The van der Waals surface area contributed by atoms with Crippen molar-refractivity contribution < 1.29 is 4.74 Å². The van der Waals surface area contributed by atoms with E-state index in [2.05, 4.69) is 24.4 Å². The first-order chi connectivity index (χ1) is 7.28. The molecule has 0 heterocycles. The van der Waals surface area contributed by atoms with Crippen molar-refractivity contribution in [3.63, 3.8) is 0 Å². The van der Waals surface area contributed by atoms with E-state index in [9.17, 15) is 0 Å². The molecule has 1 saturated carbocycles. The maximum absolute atomic E-state index is 5.12. The summed E-state index contributed by atoms with van der Waals surface area (Å²) >= 11 is 0. The number of benzene rings is 1. The van der Waals surface area contributed by atoms with Crippen LogP contribution in [0.2, 0.25) is 0 Å². The summed E-state index contributed by atoms with van der Waals surface area (Å²) in [6.45, 7) is 2.25. The molecule has 0 aromatic heterocycles. The summed E-state index contributed by atoms with van der Waals surface area (Å²) in [4.78, 5) is 0. The molecular weight excluding hydrogens is 186 g/mol. The molecular formula is C13H19NO. The van der Waals surface area contributed by atoms with Crippen molar-refractivity contribution in [2.75, 3.05) is 12.4 Å². The summed E-state index contributed by atoms with van der Waals surface area (Å²) in [5.74, 6) is 1.89. The Bertz CT molecular complexity index is 303. The van der Waals surface area contributed by atoms with Crippen molar-refractivity contribution in [3.05, 3.63) is 24.3 Å². The zero-order chi connectivity index (χ0) is 10.7. The van der Waals surface area contributed by atoms with Gasteiger partial charge in [0.1, 0.15) is 5.75 Å². The van der Waals surface area contributed by atoms with E-state index in [1.165, 1.54) is 24.9 Å². The fourth-order valence-corrected chi connectivity index (χ4v) is 1.88. The lowest BCUT2D eigenvalue weighted by Crippen LogP contribution is -2.15. The molecule has 1 unspecified atom stereocenters. The first kappa shape index (κ1) is 10.3. The van der Waals surface area contributed by atoms with Crippen molar-refractivity contribution in [1.29, 1.82) is 0 Å². The fraction of sp³-hybridized carbons (Fsp3) is 0.538. The Kier molecular flexibility index (Phi) is 3.14. The molecule has 1 N–H and O–H groups in total. The van der Waals surface area contributed by atoms with Gasteiger partial charge < -0.3 is 10.1 Å². The highest BCUT2D eigenvalue weighted by atomic mass is 16.5. The van der Waals surface area contributed by atoms with Crippen LogP contribution in [0.5, 0.6) is 5.75 Å². The average molecular weight is 205 g/mol. The van der Waals surface area contributed by atoms with E-state index >= 15 is 0 Å². The van der Waals surface area contributed by atoms with Gasteiger partial charge in [-0.25, -0.2) is 0 Å². The maximum atomic E-state index is 5.12. The monoisotopic (exact) mass is 205 g/mol. The van der Waals surface area contributed by atoms with E-state index in [-0.39, 0.29) is 0 Å². The topological polar surface area (TPSA) is 21.3 Å². The van der Waals surface area contributed by atoms with Crippen LogP contribution in [0.4, 0.5) is 5.69 Å².